The predicted molar refractivity (Wildman–Crippen MR) is 163 cm³/mol. The van der Waals surface area contributed by atoms with Gasteiger partial charge in [-0.2, -0.15) is 13.2 Å². The number of amides is 2. The van der Waals surface area contributed by atoms with Crippen molar-refractivity contribution in [1.29, 1.82) is 0 Å². The summed E-state index contributed by atoms with van der Waals surface area (Å²) in [6.45, 7) is -0.208. The number of aliphatic hydroxyl groups excluding tert-OH is 2. The van der Waals surface area contributed by atoms with Crippen LogP contribution in [0.2, 0.25) is 0 Å². The quantitative estimate of drug-likeness (QED) is 0.154. The van der Waals surface area contributed by atoms with Crippen LogP contribution in [-0.2, 0) is 6.18 Å². The van der Waals surface area contributed by atoms with Crippen LogP contribution in [0.3, 0.4) is 0 Å². The third-order valence-corrected chi connectivity index (χ3v) is 6.86. The van der Waals surface area contributed by atoms with Crippen LogP contribution >= 0.6 is 0 Å². The Labute approximate surface area is 251 Å². The lowest BCUT2D eigenvalue weighted by molar-refractivity contribution is -0.137. The number of hydrogen-bond acceptors (Lipinski definition) is 5. The van der Waals surface area contributed by atoms with E-state index in [-0.39, 0.29) is 36.8 Å². The summed E-state index contributed by atoms with van der Waals surface area (Å²) in [6.07, 6.45) is -3.74. The number of halogens is 3. The molecule has 7 nitrogen and oxygen atoms in total. The van der Waals surface area contributed by atoms with Crippen molar-refractivity contribution in [2.45, 2.75) is 25.1 Å². The smallest absolute Gasteiger partial charge is 0.416 e. The molecule has 2 amide bonds. The van der Waals surface area contributed by atoms with E-state index in [0.29, 0.717) is 35.1 Å². The van der Waals surface area contributed by atoms with Gasteiger partial charge in [0.25, 0.3) is 5.91 Å². The van der Waals surface area contributed by atoms with Crippen LogP contribution in [-0.4, -0.2) is 41.3 Å². The van der Waals surface area contributed by atoms with E-state index in [4.69, 9.17) is 20.7 Å². The first-order valence-electron chi connectivity index (χ1n) is 13.8. The Morgan fingerprint density at radius 2 is 1.41 bits per heavy atom. The van der Waals surface area contributed by atoms with E-state index in [2.05, 4.69) is 5.32 Å². The molecule has 5 aromatic carbocycles. The maximum absolute atomic E-state index is 12.7. The van der Waals surface area contributed by atoms with Crippen LogP contribution in [0.15, 0.2) is 103 Å². The van der Waals surface area contributed by atoms with E-state index in [9.17, 15) is 22.8 Å². The molecule has 0 heterocycles. The number of benzene rings is 5. The molecule has 0 saturated carbocycles. The van der Waals surface area contributed by atoms with Crippen LogP contribution in [0, 0.1) is 0 Å². The first kappa shape index (κ1) is 32.0. The Hall–Kier alpha value is -4.93. The second-order valence-corrected chi connectivity index (χ2v) is 9.90. The number of fused-ring (bicyclic) bond motifs is 2. The summed E-state index contributed by atoms with van der Waals surface area (Å²) >= 11 is 0. The highest BCUT2D eigenvalue weighted by molar-refractivity contribution is 6.06. The molecule has 0 spiro atoms. The number of ether oxygens (including phenoxy) is 1. The van der Waals surface area contributed by atoms with Gasteiger partial charge >= 0.3 is 6.18 Å². The van der Waals surface area contributed by atoms with E-state index in [0.717, 1.165) is 28.3 Å². The molecule has 0 aromatic heterocycles. The van der Waals surface area contributed by atoms with Gasteiger partial charge in [-0.25, -0.2) is 0 Å². The fraction of sp³-hybridized carbons (Fsp3) is 0.176. The first-order valence-corrected chi connectivity index (χ1v) is 13.8. The zero-order chi connectivity index (χ0) is 31.7. The summed E-state index contributed by atoms with van der Waals surface area (Å²) in [5.41, 5.74) is 5.47. The van der Waals surface area contributed by atoms with Crippen molar-refractivity contribution in [2.75, 3.05) is 13.2 Å². The Bertz CT molecular complexity index is 1730. The lowest BCUT2D eigenvalue weighted by atomic mass is 10.0. The highest BCUT2D eigenvalue weighted by Gasteiger charge is 2.30. The predicted octanol–water partition coefficient (Wildman–Crippen LogP) is 6.45. The molecule has 0 fully saturated rings. The molecular weight excluding hydrogens is 573 g/mol. The number of primary amides is 1. The zero-order valence-corrected chi connectivity index (χ0v) is 23.6. The highest BCUT2D eigenvalue weighted by atomic mass is 19.4. The molecule has 0 bridgehead atoms. The number of rotatable bonds is 9. The Kier molecular flexibility index (Phi) is 10.5. The average Bonchev–Trinajstić information content (AvgIpc) is 3.01. The van der Waals surface area contributed by atoms with Crippen LogP contribution in [0.4, 0.5) is 13.2 Å². The summed E-state index contributed by atoms with van der Waals surface area (Å²) in [7, 11) is 0. The minimum Gasteiger partial charge on any atom is -0.457 e. The number of alkyl halides is 3. The molecule has 228 valence electrons. The van der Waals surface area contributed by atoms with Crippen molar-refractivity contribution in [2.24, 2.45) is 5.73 Å². The van der Waals surface area contributed by atoms with Gasteiger partial charge < -0.3 is 26.0 Å². The molecule has 0 atom stereocenters. The van der Waals surface area contributed by atoms with Gasteiger partial charge in [-0.3, -0.25) is 9.59 Å². The molecule has 44 heavy (non-hydrogen) atoms. The normalized spacial score (nSPS) is 11.2. The summed E-state index contributed by atoms with van der Waals surface area (Å²) in [6, 6.07) is 27.5. The second kappa shape index (κ2) is 14.5. The van der Waals surface area contributed by atoms with Gasteiger partial charge in [-0.1, -0.05) is 48.5 Å². The number of carbonyl (C=O) groups is 2. The Balaban J connectivity index is 0.000000281. The first-order chi connectivity index (χ1) is 21.1. The highest BCUT2D eigenvalue weighted by Crippen LogP contribution is 2.34. The molecule has 5 aromatic rings. The lowest BCUT2D eigenvalue weighted by Gasteiger charge is -2.17. The van der Waals surface area contributed by atoms with Crippen molar-refractivity contribution in [3.63, 3.8) is 0 Å². The minimum absolute atomic E-state index is 0.104. The summed E-state index contributed by atoms with van der Waals surface area (Å²) < 4.78 is 43.9. The topological polar surface area (TPSA) is 122 Å². The fourth-order valence-electron chi connectivity index (χ4n) is 4.63. The number of carbonyl (C=O) groups excluding carboxylic acids is 2. The van der Waals surface area contributed by atoms with Crippen LogP contribution in [0.5, 0.6) is 11.5 Å². The van der Waals surface area contributed by atoms with Crippen molar-refractivity contribution < 1.29 is 37.7 Å². The van der Waals surface area contributed by atoms with E-state index in [1.165, 1.54) is 12.1 Å². The van der Waals surface area contributed by atoms with Crippen LogP contribution in [0.25, 0.3) is 21.5 Å². The van der Waals surface area contributed by atoms with Crippen LogP contribution < -0.4 is 15.8 Å². The Morgan fingerprint density at radius 1 is 0.773 bits per heavy atom. The van der Waals surface area contributed by atoms with E-state index >= 15 is 0 Å². The summed E-state index contributed by atoms with van der Waals surface area (Å²) in [4.78, 5) is 23.6. The molecule has 10 heteroatoms. The maximum Gasteiger partial charge on any atom is 0.416 e. The minimum atomic E-state index is -4.41. The number of nitrogens with two attached hydrogens (primary N) is 1. The molecule has 0 aliphatic carbocycles. The number of hydrogen-bond donors (Lipinski definition) is 4. The van der Waals surface area contributed by atoms with E-state index in [1.54, 1.807) is 42.5 Å². The van der Waals surface area contributed by atoms with Crippen molar-refractivity contribution >= 4 is 33.4 Å². The van der Waals surface area contributed by atoms with Gasteiger partial charge in [0.05, 0.1) is 5.56 Å². The van der Waals surface area contributed by atoms with Gasteiger partial charge in [0.1, 0.15) is 11.5 Å². The van der Waals surface area contributed by atoms with Gasteiger partial charge in [0, 0.05) is 35.8 Å². The largest absolute Gasteiger partial charge is 0.457 e. The molecule has 0 radical (unpaired) electrons. The maximum atomic E-state index is 12.7. The monoisotopic (exact) mass is 604 g/mol. The van der Waals surface area contributed by atoms with E-state index < -0.39 is 11.7 Å². The standard InChI is InChI=1S/C23H22F3NO4.C11H9NO/c24-23(25,26)17-5-7-19(8-6-17)31-21-3-1-2-15-14-16(4-9-20(15)21)22(30)27-18(10-12-28)11-13-29;12-11(13)10-7-3-5-8-4-1-2-6-9(8)10/h1-9,14,18,28-29H,10-13H2,(H,27,30);1-7H,(H2,12,13). The van der Waals surface area contributed by atoms with Crippen LogP contribution in [0.1, 0.15) is 39.1 Å². The Morgan fingerprint density at radius 3 is 2.07 bits per heavy atom. The number of nitrogens with one attached hydrogen (secondary N) is 1. The molecular formula is C34H31F3N2O5. The van der Waals surface area contributed by atoms with Crippen molar-refractivity contribution in [3.8, 4) is 11.5 Å². The molecule has 0 unspecified atom stereocenters. The molecule has 5 N–H and O–H groups in total. The lowest BCUT2D eigenvalue weighted by Crippen LogP contribution is -2.36. The molecule has 0 saturated heterocycles. The second-order valence-electron chi connectivity index (χ2n) is 9.90. The molecule has 5 rings (SSSR count). The zero-order valence-electron chi connectivity index (χ0n) is 23.6. The fourth-order valence-corrected chi connectivity index (χ4v) is 4.63. The summed E-state index contributed by atoms with van der Waals surface area (Å²) in [5, 5.41) is 24.3. The third-order valence-electron chi connectivity index (χ3n) is 6.86. The van der Waals surface area contributed by atoms with E-state index in [1.807, 2.05) is 36.4 Å². The molecule has 0 aliphatic heterocycles. The number of aliphatic hydroxyl groups is 2. The SMILES string of the molecule is NC(=O)c1cccc2ccccc12.O=C(NC(CCO)CCO)c1ccc2c(Oc3ccc(C(F)(F)F)cc3)cccc2c1. The van der Waals surface area contributed by atoms with Crippen molar-refractivity contribution in [1.82, 2.24) is 5.32 Å². The van der Waals surface area contributed by atoms with Crippen molar-refractivity contribution in [3.05, 3.63) is 120 Å². The van der Waals surface area contributed by atoms with Gasteiger partial charge in [0.15, 0.2) is 0 Å². The average molecular weight is 605 g/mol. The third kappa shape index (κ3) is 8.12. The van der Waals surface area contributed by atoms with Gasteiger partial charge in [-0.05, 0) is 83.6 Å². The van der Waals surface area contributed by atoms with Gasteiger partial charge in [-0.15, -0.1) is 0 Å². The summed E-state index contributed by atoms with van der Waals surface area (Å²) in [5.74, 6) is 0.000448. The molecule has 0 aliphatic rings. The van der Waals surface area contributed by atoms with Gasteiger partial charge in [0.2, 0.25) is 5.91 Å².